The van der Waals surface area contributed by atoms with E-state index in [1.807, 2.05) is 0 Å². The average Bonchev–Trinajstić information content (AvgIpc) is 2.97. The molecule has 16 heavy (non-hydrogen) atoms. The van der Waals surface area contributed by atoms with Gasteiger partial charge in [-0.05, 0) is 6.92 Å². The van der Waals surface area contributed by atoms with Gasteiger partial charge in [0.15, 0.2) is 5.66 Å². The van der Waals surface area contributed by atoms with Crippen LogP contribution >= 0.6 is 0 Å². The molecule has 2 rings (SSSR count). The van der Waals surface area contributed by atoms with Gasteiger partial charge in [0.1, 0.15) is 24.4 Å². The Balaban J connectivity index is 2.01. The highest BCUT2D eigenvalue weighted by Gasteiger charge is 2.48. The van der Waals surface area contributed by atoms with Gasteiger partial charge in [0.05, 0.1) is 12.7 Å². The van der Waals surface area contributed by atoms with Crippen LogP contribution in [0.3, 0.4) is 0 Å². The zero-order valence-electron chi connectivity index (χ0n) is 8.89. The van der Waals surface area contributed by atoms with Crippen molar-refractivity contribution in [2.24, 2.45) is 10.2 Å². The van der Waals surface area contributed by atoms with Crippen LogP contribution in [0.5, 0.6) is 0 Å². The zero-order valence-corrected chi connectivity index (χ0v) is 8.89. The summed E-state index contributed by atoms with van der Waals surface area (Å²) in [5.41, 5.74) is -0.562. The topological polar surface area (TPSA) is 115 Å². The number of aliphatic hydroxyl groups excluding tert-OH is 4. The molecule has 92 valence electrons. The number of aliphatic hydroxyl groups is 4. The molecule has 7 nitrogen and oxygen atoms in total. The molecule has 3 unspecified atom stereocenters. The van der Waals surface area contributed by atoms with Crippen molar-refractivity contribution in [1.82, 2.24) is 0 Å². The predicted octanol–water partition coefficient (Wildman–Crippen LogP) is -1.60. The van der Waals surface area contributed by atoms with Gasteiger partial charge in [0, 0.05) is 6.42 Å². The van der Waals surface area contributed by atoms with Gasteiger partial charge < -0.3 is 25.2 Å². The molecule has 2 heterocycles. The van der Waals surface area contributed by atoms with Gasteiger partial charge in [0.25, 0.3) is 0 Å². The van der Waals surface area contributed by atoms with Gasteiger partial charge >= 0.3 is 0 Å². The van der Waals surface area contributed by atoms with Crippen LogP contribution in [0.15, 0.2) is 10.2 Å². The first-order chi connectivity index (χ1) is 7.47. The van der Waals surface area contributed by atoms with Gasteiger partial charge in [-0.15, -0.1) is 0 Å². The van der Waals surface area contributed by atoms with E-state index in [0.29, 0.717) is 6.42 Å². The third kappa shape index (κ3) is 2.09. The molecule has 0 bridgehead atoms. The van der Waals surface area contributed by atoms with Crippen LogP contribution in [0.1, 0.15) is 13.3 Å². The van der Waals surface area contributed by atoms with Crippen LogP contribution in [0.4, 0.5) is 0 Å². The molecule has 0 saturated carbocycles. The average molecular weight is 232 g/mol. The quantitative estimate of drug-likeness (QED) is 0.468. The van der Waals surface area contributed by atoms with Crippen LogP contribution in [0, 0.1) is 0 Å². The summed E-state index contributed by atoms with van der Waals surface area (Å²) in [7, 11) is 0. The Labute approximate surface area is 92.4 Å². The maximum atomic E-state index is 9.71. The third-order valence-electron chi connectivity index (χ3n) is 3.02. The summed E-state index contributed by atoms with van der Waals surface area (Å²) in [5, 5.41) is 45.3. The Morgan fingerprint density at radius 3 is 2.12 bits per heavy atom. The predicted molar refractivity (Wildman–Crippen MR) is 51.6 cm³/mol. The lowest BCUT2D eigenvalue weighted by Crippen LogP contribution is -2.59. The molecule has 2 aliphatic rings. The molecule has 1 fully saturated rings. The van der Waals surface area contributed by atoms with E-state index in [2.05, 4.69) is 10.2 Å². The van der Waals surface area contributed by atoms with E-state index in [9.17, 15) is 15.3 Å². The minimum absolute atomic E-state index is 0.328. The molecule has 7 heteroatoms. The normalized spacial score (nSPS) is 45.7. The van der Waals surface area contributed by atoms with Crippen LogP contribution in [-0.2, 0) is 4.74 Å². The van der Waals surface area contributed by atoms with Crippen LogP contribution in [-0.4, -0.2) is 63.2 Å². The summed E-state index contributed by atoms with van der Waals surface area (Å²) in [6.07, 6.45) is -5.04. The first-order valence-electron chi connectivity index (χ1n) is 5.21. The molecule has 0 radical (unpaired) electrons. The number of nitrogens with zero attached hydrogens (tertiary/aromatic N) is 2. The minimum Gasteiger partial charge on any atom is -0.394 e. The molecule has 0 aromatic carbocycles. The number of ether oxygens (including phenoxy) is 1. The molecule has 0 amide bonds. The Morgan fingerprint density at radius 1 is 1.06 bits per heavy atom. The highest BCUT2D eigenvalue weighted by molar-refractivity contribution is 4.98. The summed E-state index contributed by atoms with van der Waals surface area (Å²) in [5.74, 6) is 0. The molecule has 4 N–H and O–H groups in total. The molecule has 2 aliphatic heterocycles. The summed E-state index contributed by atoms with van der Waals surface area (Å²) in [6, 6.07) is 0. The zero-order chi connectivity index (χ0) is 11.9. The first kappa shape index (κ1) is 11.9. The van der Waals surface area contributed by atoms with E-state index in [4.69, 9.17) is 9.84 Å². The van der Waals surface area contributed by atoms with Gasteiger partial charge in [0.2, 0.25) is 0 Å². The molecule has 1 saturated heterocycles. The van der Waals surface area contributed by atoms with E-state index in [1.165, 1.54) is 0 Å². The molecular weight excluding hydrogens is 216 g/mol. The maximum Gasteiger partial charge on any atom is 0.190 e. The number of hydrogen-bond acceptors (Lipinski definition) is 7. The molecular formula is C9H16N2O5. The van der Waals surface area contributed by atoms with Crippen molar-refractivity contribution in [3.8, 4) is 0 Å². The van der Waals surface area contributed by atoms with E-state index < -0.39 is 42.8 Å². The van der Waals surface area contributed by atoms with E-state index >= 15 is 0 Å². The first-order valence-corrected chi connectivity index (χ1v) is 5.21. The van der Waals surface area contributed by atoms with Gasteiger partial charge in [-0.3, -0.25) is 0 Å². The molecule has 5 atom stereocenters. The smallest absolute Gasteiger partial charge is 0.190 e. The second-order valence-electron chi connectivity index (χ2n) is 4.49. The lowest BCUT2D eigenvalue weighted by Gasteiger charge is -2.40. The fourth-order valence-electron chi connectivity index (χ4n) is 1.90. The van der Waals surface area contributed by atoms with E-state index in [-0.39, 0.29) is 0 Å². The SMILES string of the molecule is CC1(C[C@@H]2OC(CO)[C@@H](O)C(O)C2O)N=N1. The third-order valence-corrected chi connectivity index (χ3v) is 3.02. The second kappa shape index (κ2) is 4.01. The summed E-state index contributed by atoms with van der Waals surface area (Å²) >= 11 is 0. The fourth-order valence-corrected chi connectivity index (χ4v) is 1.90. The molecule has 0 spiro atoms. The molecule has 0 aliphatic carbocycles. The Morgan fingerprint density at radius 2 is 1.62 bits per heavy atom. The highest BCUT2D eigenvalue weighted by atomic mass is 16.5. The Bertz CT molecular complexity index is 290. The Kier molecular flexibility index (Phi) is 2.97. The van der Waals surface area contributed by atoms with Gasteiger partial charge in [-0.2, -0.15) is 10.2 Å². The lowest BCUT2D eigenvalue weighted by molar-refractivity contribution is -0.231. The van der Waals surface area contributed by atoms with E-state index in [0.717, 1.165) is 0 Å². The lowest BCUT2D eigenvalue weighted by atomic mass is 9.91. The van der Waals surface area contributed by atoms with E-state index in [1.54, 1.807) is 6.92 Å². The van der Waals surface area contributed by atoms with Gasteiger partial charge in [-0.1, -0.05) is 0 Å². The summed E-state index contributed by atoms with van der Waals surface area (Å²) in [6.45, 7) is 1.36. The highest BCUT2D eigenvalue weighted by Crippen LogP contribution is 2.36. The fraction of sp³-hybridized carbons (Fsp3) is 1.00. The van der Waals surface area contributed by atoms with Crippen molar-refractivity contribution >= 4 is 0 Å². The number of hydrogen-bond donors (Lipinski definition) is 4. The monoisotopic (exact) mass is 232 g/mol. The number of rotatable bonds is 3. The minimum atomic E-state index is -1.32. The summed E-state index contributed by atoms with van der Waals surface area (Å²) in [4.78, 5) is 0. The van der Waals surface area contributed by atoms with Gasteiger partial charge in [-0.25, -0.2) is 0 Å². The maximum absolute atomic E-state index is 9.71. The summed E-state index contributed by atoms with van der Waals surface area (Å²) < 4.78 is 5.32. The Hall–Kier alpha value is -0.600. The second-order valence-corrected chi connectivity index (χ2v) is 4.49. The van der Waals surface area contributed by atoms with Crippen molar-refractivity contribution in [2.75, 3.05) is 6.61 Å². The van der Waals surface area contributed by atoms with Crippen molar-refractivity contribution < 1.29 is 25.2 Å². The van der Waals surface area contributed by atoms with Crippen molar-refractivity contribution in [1.29, 1.82) is 0 Å². The van der Waals surface area contributed by atoms with Crippen molar-refractivity contribution in [3.05, 3.63) is 0 Å². The standard InChI is InChI=1S/C9H16N2O5/c1-9(10-11-9)2-4-6(13)8(15)7(14)5(3-12)16-4/h4-8,12-15H,2-3H2,1H3/t4-,5?,6?,7+,8?/m0/s1. The largest absolute Gasteiger partial charge is 0.394 e. The molecule has 0 aromatic rings. The van der Waals surface area contributed by atoms with Crippen LogP contribution in [0.2, 0.25) is 0 Å². The van der Waals surface area contributed by atoms with Crippen LogP contribution in [0.25, 0.3) is 0 Å². The van der Waals surface area contributed by atoms with Crippen LogP contribution < -0.4 is 0 Å². The van der Waals surface area contributed by atoms with Crippen molar-refractivity contribution in [2.45, 2.75) is 49.5 Å². The molecule has 0 aromatic heterocycles. The van der Waals surface area contributed by atoms with Crippen molar-refractivity contribution in [3.63, 3.8) is 0 Å².